The Morgan fingerprint density at radius 3 is 3.05 bits per heavy atom. The first-order valence-electron chi connectivity index (χ1n) is 6.57. The predicted molar refractivity (Wildman–Crippen MR) is 83.0 cm³/mol. The molecule has 7 nitrogen and oxygen atoms in total. The minimum atomic E-state index is -0.146. The molecule has 2 N–H and O–H groups in total. The molecule has 0 bridgehead atoms. The van der Waals surface area contributed by atoms with Crippen LogP contribution in [0.4, 0.5) is 5.69 Å². The van der Waals surface area contributed by atoms with Crippen LogP contribution < -0.4 is 16.2 Å². The fourth-order valence-corrected chi connectivity index (χ4v) is 2.80. The van der Waals surface area contributed by atoms with Crippen molar-refractivity contribution in [2.45, 2.75) is 6.54 Å². The van der Waals surface area contributed by atoms with Gasteiger partial charge in [-0.3, -0.25) is 9.20 Å². The van der Waals surface area contributed by atoms with Gasteiger partial charge in [0, 0.05) is 44.0 Å². The molecule has 0 aromatic carbocycles. The summed E-state index contributed by atoms with van der Waals surface area (Å²) >= 11 is 1.56. The van der Waals surface area contributed by atoms with Crippen molar-refractivity contribution < 1.29 is 0 Å². The average molecular weight is 304 g/mol. The highest BCUT2D eigenvalue weighted by atomic mass is 32.1. The summed E-state index contributed by atoms with van der Waals surface area (Å²) in [5, 5.41) is 6.18. The van der Waals surface area contributed by atoms with Gasteiger partial charge in [0.2, 0.25) is 0 Å². The summed E-state index contributed by atoms with van der Waals surface area (Å²) < 4.78 is 3.35. The summed E-state index contributed by atoms with van der Waals surface area (Å²) in [5.74, 6) is 0. The van der Waals surface area contributed by atoms with Crippen molar-refractivity contribution >= 4 is 22.0 Å². The highest BCUT2D eigenvalue weighted by molar-refractivity contribution is 7.15. The molecule has 0 atom stereocenters. The van der Waals surface area contributed by atoms with Crippen LogP contribution in [0, 0.1) is 0 Å². The second-order valence-electron chi connectivity index (χ2n) is 4.74. The summed E-state index contributed by atoms with van der Waals surface area (Å²) in [4.78, 5) is 19.4. The van der Waals surface area contributed by atoms with Crippen LogP contribution in [0.3, 0.4) is 0 Å². The fourth-order valence-electron chi connectivity index (χ4n) is 2.08. The molecule has 0 saturated carbocycles. The van der Waals surface area contributed by atoms with Crippen molar-refractivity contribution in [2.24, 2.45) is 5.73 Å². The number of likely N-dealkylation sites (N-methyl/N-ethyl adjacent to an activating group) is 1. The lowest BCUT2D eigenvalue weighted by Crippen LogP contribution is -2.29. The first kappa shape index (κ1) is 13.8. The van der Waals surface area contributed by atoms with Gasteiger partial charge < -0.3 is 10.6 Å². The van der Waals surface area contributed by atoms with Crippen molar-refractivity contribution in [1.29, 1.82) is 0 Å². The van der Waals surface area contributed by atoms with E-state index in [9.17, 15) is 4.79 Å². The molecule has 0 aliphatic rings. The number of thiazole rings is 1. The molecule has 3 heterocycles. The van der Waals surface area contributed by atoms with E-state index in [0.29, 0.717) is 19.6 Å². The average Bonchev–Trinajstić information content (AvgIpc) is 3.02. The summed E-state index contributed by atoms with van der Waals surface area (Å²) in [7, 11) is 1.89. The van der Waals surface area contributed by atoms with Gasteiger partial charge in [0.1, 0.15) is 0 Å². The van der Waals surface area contributed by atoms with E-state index >= 15 is 0 Å². The Hall–Kier alpha value is -2.19. The van der Waals surface area contributed by atoms with Gasteiger partial charge in [-0.05, 0) is 0 Å². The van der Waals surface area contributed by atoms with Gasteiger partial charge in [-0.2, -0.15) is 5.10 Å². The number of hydrogen-bond acceptors (Lipinski definition) is 6. The first-order valence-corrected chi connectivity index (χ1v) is 7.45. The van der Waals surface area contributed by atoms with Gasteiger partial charge >= 0.3 is 0 Å². The van der Waals surface area contributed by atoms with Gasteiger partial charge in [0.05, 0.1) is 24.1 Å². The number of nitrogens with zero attached hydrogens (tertiary/aromatic N) is 5. The third kappa shape index (κ3) is 2.81. The Labute approximate surface area is 125 Å². The smallest absolute Gasteiger partial charge is 0.269 e. The molecule has 0 amide bonds. The maximum Gasteiger partial charge on any atom is 0.269 e. The second kappa shape index (κ2) is 5.66. The lowest BCUT2D eigenvalue weighted by atomic mass is 10.4. The maximum atomic E-state index is 12.1. The summed E-state index contributed by atoms with van der Waals surface area (Å²) in [6, 6.07) is 1.57. The largest absolute Gasteiger partial charge is 0.372 e. The molecule has 0 unspecified atom stereocenters. The number of fused-ring (bicyclic) bond motifs is 1. The molecule has 0 fully saturated rings. The summed E-state index contributed by atoms with van der Waals surface area (Å²) in [6.45, 7) is 1.58. The van der Waals surface area contributed by atoms with E-state index < -0.39 is 0 Å². The molecule has 21 heavy (non-hydrogen) atoms. The monoisotopic (exact) mass is 304 g/mol. The number of aromatic nitrogens is 4. The summed E-state index contributed by atoms with van der Waals surface area (Å²) in [6.07, 6.45) is 5.53. The van der Waals surface area contributed by atoms with Crippen LogP contribution in [0.15, 0.2) is 34.8 Å². The fraction of sp³-hybridized carbons (Fsp3) is 0.308. The molecule has 0 aliphatic heterocycles. The van der Waals surface area contributed by atoms with E-state index in [4.69, 9.17) is 5.73 Å². The number of nitrogens with two attached hydrogens (primary N) is 1. The quantitative estimate of drug-likeness (QED) is 0.738. The highest BCUT2D eigenvalue weighted by Gasteiger charge is 2.07. The first-order chi connectivity index (χ1) is 10.2. The Kier molecular flexibility index (Phi) is 3.72. The van der Waals surface area contributed by atoms with Crippen LogP contribution in [0.1, 0.15) is 5.69 Å². The predicted octanol–water partition coefficient (Wildman–Crippen LogP) is 0.396. The van der Waals surface area contributed by atoms with E-state index in [0.717, 1.165) is 16.3 Å². The van der Waals surface area contributed by atoms with Crippen LogP contribution in [-0.2, 0) is 6.54 Å². The minimum absolute atomic E-state index is 0.146. The van der Waals surface area contributed by atoms with Gasteiger partial charge in [0.15, 0.2) is 4.96 Å². The molecular formula is C13H16N6OS. The normalized spacial score (nSPS) is 11.1. The molecular weight excluding hydrogens is 288 g/mol. The van der Waals surface area contributed by atoms with Gasteiger partial charge in [-0.25, -0.2) is 9.67 Å². The molecule has 0 aliphatic carbocycles. The van der Waals surface area contributed by atoms with Crippen LogP contribution in [0.5, 0.6) is 0 Å². The lowest BCUT2D eigenvalue weighted by molar-refractivity contribution is 0.628. The number of hydrogen-bond donors (Lipinski definition) is 1. The Morgan fingerprint density at radius 2 is 2.33 bits per heavy atom. The number of rotatable bonds is 5. The van der Waals surface area contributed by atoms with Crippen molar-refractivity contribution in [2.75, 3.05) is 25.0 Å². The topological polar surface area (TPSA) is 81.4 Å². The summed E-state index contributed by atoms with van der Waals surface area (Å²) in [5.41, 5.74) is 6.95. The standard InChI is InChI=1S/C13H16N6OS/c1-17(3-2-14)11-6-12(20)19(15-7-11)9-10-8-18-4-5-21-13(18)16-10/h4-8H,2-3,9,14H2,1H3. The van der Waals surface area contributed by atoms with E-state index in [-0.39, 0.29) is 5.56 Å². The highest BCUT2D eigenvalue weighted by Crippen LogP contribution is 2.12. The zero-order valence-electron chi connectivity index (χ0n) is 11.6. The van der Waals surface area contributed by atoms with Gasteiger partial charge in [-0.1, -0.05) is 0 Å². The molecule has 3 aromatic heterocycles. The zero-order valence-corrected chi connectivity index (χ0v) is 12.5. The van der Waals surface area contributed by atoms with Crippen molar-refractivity contribution in [1.82, 2.24) is 19.2 Å². The third-order valence-electron chi connectivity index (χ3n) is 3.22. The van der Waals surface area contributed by atoms with E-state index in [1.807, 2.05) is 34.1 Å². The van der Waals surface area contributed by atoms with Crippen LogP contribution in [-0.4, -0.2) is 39.3 Å². The van der Waals surface area contributed by atoms with Crippen molar-refractivity contribution in [3.63, 3.8) is 0 Å². The molecule has 0 saturated heterocycles. The van der Waals surface area contributed by atoms with Crippen LogP contribution in [0.2, 0.25) is 0 Å². The Bertz CT molecular complexity index is 776. The van der Waals surface area contributed by atoms with Gasteiger partial charge in [0.25, 0.3) is 5.56 Å². The van der Waals surface area contributed by atoms with E-state index in [1.165, 1.54) is 4.68 Å². The van der Waals surface area contributed by atoms with Gasteiger partial charge in [-0.15, -0.1) is 11.3 Å². The van der Waals surface area contributed by atoms with Crippen molar-refractivity contribution in [3.05, 3.63) is 46.1 Å². The molecule has 110 valence electrons. The molecule has 3 rings (SSSR count). The Balaban J connectivity index is 1.82. The van der Waals surface area contributed by atoms with Crippen LogP contribution in [0.25, 0.3) is 4.96 Å². The van der Waals surface area contributed by atoms with E-state index in [1.54, 1.807) is 23.6 Å². The maximum absolute atomic E-state index is 12.1. The third-order valence-corrected chi connectivity index (χ3v) is 3.99. The van der Waals surface area contributed by atoms with Crippen LogP contribution >= 0.6 is 11.3 Å². The lowest BCUT2D eigenvalue weighted by Gasteiger charge is -2.17. The Morgan fingerprint density at radius 1 is 1.48 bits per heavy atom. The molecule has 0 radical (unpaired) electrons. The van der Waals surface area contributed by atoms with Crippen molar-refractivity contribution in [3.8, 4) is 0 Å². The SMILES string of the molecule is CN(CCN)c1cnn(Cc2cn3ccsc3n2)c(=O)c1. The molecule has 8 heteroatoms. The number of imidazole rings is 1. The molecule has 0 spiro atoms. The molecule has 3 aromatic rings. The second-order valence-corrected chi connectivity index (χ2v) is 5.62. The van der Waals surface area contributed by atoms with E-state index in [2.05, 4.69) is 10.1 Å². The number of anilines is 1. The minimum Gasteiger partial charge on any atom is -0.372 e. The zero-order chi connectivity index (χ0) is 14.8.